The van der Waals surface area contributed by atoms with Gasteiger partial charge in [-0.2, -0.15) is 0 Å². The van der Waals surface area contributed by atoms with Crippen LogP contribution in [0.4, 0.5) is 4.79 Å². The lowest BCUT2D eigenvalue weighted by atomic mass is 9.82. The van der Waals surface area contributed by atoms with Gasteiger partial charge >= 0.3 is 6.16 Å². The molecule has 4 atom stereocenters. The number of epoxide rings is 1. The van der Waals surface area contributed by atoms with E-state index in [0.29, 0.717) is 0 Å². The first-order valence-electron chi connectivity index (χ1n) is 4.36. The van der Waals surface area contributed by atoms with Gasteiger partial charge in [-0.25, -0.2) is 4.79 Å². The predicted octanol–water partition coefficient (Wildman–Crippen LogP) is -1.01. The number of hydrogen-bond acceptors (Lipinski definition) is 6. The van der Waals surface area contributed by atoms with Gasteiger partial charge in [-0.1, -0.05) is 0 Å². The van der Waals surface area contributed by atoms with Crippen molar-refractivity contribution in [2.45, 2.75) is 30.3 Å². The molecule has 2 saturated heterocycles. The second-order valence-electron chi connectivity index (χ2n) is 3.79. The van der Waals surface area contributed by atoms with Crippen LogP contribution in [0.25, 0.3) is 0 Å². The summed E-state index contributed by atoms with van der Waals surface area (Å²) in [6, 6.07) is 0. The van der Waals surface area contributed by atoms with Gasteiger partial charge < -0.3 is 19.3 Å². The average Bonchev–Trinajstić information content (AvgIpc) is 2.85. The number of ether oxygens (including phenoxy) is 3. The van der Waals surface area contributed by atoms with Crippen LogP contribution in [0.1, 0.15) is 6.42 Å². The highest BCUT2D eigenvalue weighted by Crippen LogP contribution is 2.43. The second kappa shape index (κ2) is 2.26. The number of rotatable bonds is 0. The maximum atomic E-state index is 11.7. The van der Waals surface area contributed by atoms with Crippen LogP contribution in [0.15, 0.2) is 0 Å². The van der Waals surface area contributed by atoms with Gasteiger partial charge in [0.05, 0.1) is 6.10 Å². The molecule has 1 spiro atoms. The van der Waals surface area contributed by atoms with Crippen LogP contribution in [-0.2, 0) is 19.0 Å². The van der Waals surface area contributed by atoms with E-state index in [1.165, 1.54) is 0 Å². The largest absolute Gasteiger partial charge is 0.509 e. The molecule has 1 saturated carbocycles. The monoisotopic (exact) mass is 200 g/mol. The third kappa shape index (κ3) is 0.869. The summed E-state index contributed by atoms with van der Waals surface area (Å²) in [5.74, 6) is -0.293. The summed E-state index contributed by atoms with van der Waals surface area (Å²) in [5, 5.41) is 9.52. The molecule has 0 amide bonds. The molecule has 3 aliphatic rings. The fraction of sp³-hybridized carbons (Fsp3) is 0.750. The van der Waals surface area contributed by atoms with Gasteiger partial charge in [-0.05, 0) is 0 Å². The average molecular weight is 200 g/mol. The zero-order valence-electron chi connectivity index (χ0n) is 7.13. The predicted molar refractivity (Wildman–Crippen MR) is 39.5 cm³/mol. The highest BCUT2D eigenvalue weighted by Gasteiger charge is 2.66. The van der Waals surface area contributed by atoms with Gasteiger partial charge in [0, 0.05) is 6.42 Å². The summed E-state index contributed by atoms with van der Waals surface area (Å²) in [6.07, 6.45) is -2.57. The summed E-state index contributed by atoms with van der Waals surface area (Å²) in [7, 11) is 0. The summed E-state index contributed by atoms with van der Waals surface area (Å²) in [5.41, 5.74) is -1.30. The molecule has 14 heavy (non-hydrogen) atoms. The lowest BCUT2D eigenvalue weighted by Crippen LogP contribution is -2.52. The Bertz CT molecular complexity index is 326. The molecule has 1 N–H and O–H groups in total. The second-order valence-corrected chi connectivity index (χ2v) is 3.79. The van der Waals surface area contributed by atoms with Crippen LogP contribution in [0.3, 0.4) is 0 Å². The molecule has 6 nitrogen and oxygen atoms in total. The Morgan fingerprint density at radius 2 is 2.21 bits per heavy atom. The number of carbonyl (C=O) groups is 2. The maximum absolute atomic E-state index is 11.7. The summed E-state index contributed by atoms with van der Waals surface area (Å²) >= 11 is 0. The van der Waals surface area contributed by atoms with Crippen LogP contribution in [-0.4, -0.2) is 47.6 Å². The van der Waals surface area contributed by atoms with E-state index >= 15 is 0 Å². The number of hydrogen-bond donors (Lipinski definition) is 1. The molecule has 76 valence electrons. The normalized spacial score (nSPS) is 49.9. The quantitative estimate of drug-likeness (QED) is 0.398. The van der Waals surface area contributed by atoms with Gasteiger partial charge in [0.1, 0.15) is 18.8 Å². The molecule has 2 heterocycles. The van der Waals surface area contributed by atoms with Crippen LogP contribution >= 0.6 is 0 Å². The highest BCUT2D eigenvalue weighted by atomic mass is 16.8. The molecular weight excluding hydrogens is 192 g/mol. The van der Waals surface area contributed by atoms with Gasteiger partial charge in [0.2, 0.25) is 11.4 Å². The van der Waals surface area contributed by atoms with E-state index in [9.17, 15) is 14.7 Å². The van der Waals surface area contributed by atoms with Crippen LogP contribution in [0, 0.1) is 0 Å². The van der Waals surface area contributed by atoms with E-state index in [-0.39, 0.29) is 18.8 Å². The molecule has 2 aliphatic heterocycles. The lowest BCUT2D eigenvalue weighted by molar-refractivity contribution is -0.140. The van der Waals surface area contributed by atoms with Gasteiger partial charge in [0.25, 0.3) is 0 Å². The minimum Gasteiger partial charge on any atom is -0.429 e. The highest BCUT2D eigenvalue weighted by molar-refractivity contribution is 5.97. The lowest BCUT2D eigenvalue weighted by Gasteiger charge is -2.27. The number of Topliss-reactive ketones (excluding diaryl/α,β-unsaturated/α-hetero) is 1. The van der Waals surface area contributed by atoms with Crippen molar-refractivity contribution in [2.75, 3.05) is 6.61 Å². The number of cyclic esters (lactones) is 1. The minimum absolute atomic E-state index is 0.0682. The number of fused-ring (bicyclic) bond motifs is 1. The standard InChI is InChI=1S/C8H8O6/c9-3-1-8(2-12-7(11)14-8)6(10)5-4(3)13-5/h3-5,9H,1-2H2/t3-,4+,5+,8?/m0/s1. The van der Waals surface area contributed by atoms with Crippen LogP contribution in [0.2, 0.25) is 0 Å². The minimum atomic E-state index is -1.30. The van der Waals surface area contributed by atoms with E-state index in [0.717, 1.165) is 0 Å². The smallest absolute Gasteiger partial charge is 0.429 e. The van der Waals surface area contributed by atoms with E-state index in [2.05, 4.69) is 4.74 Å². The van der Waals surface area contributed by atoms with E-state index < -0.39 is 30.1 Å². The molecule has 0 radical (unpaired) electrons. The van der Waals surface area contributed by atoms with Gasteiger partial charge in [0.15, 0.2) is 0 Å². The maximum Gasteiger partial charge on any atom is 0.509 e. The van der Waals surface area contributed by atoms with Crippen molar-refractivity contribution in [3.05, 3.63) is 0 Å². The first kappa shape index (κ1) is 8.19. The Morgan fingerprint density at radius 3 is 2.86 bits per heavy atom. The molecule has 0 bridgehead atoms. The first-order chi connectivity index (χ1) is 6.62. The number of ketones is 1. The van der Waals surface area contributed by atoms with Crippen molar-refractivity contribution in [1.29, 1.82) is 0 Å². The van der Waals surface area contributed by atoms with Crippen LogP contribution < -0.4 is 0 Å². The molecule has 3 fully saturated rings. The van der Waals surface area contributed by atoms with Crippen molar-refractivity contribution < 1.29 is 28.9 Å². The van der Waals surface area contributed by atoms with Crippen molar-refractivity contribution in [2.24, 2.45) is 0 Å². The fourth-order valence-corrected chi connectivity index (χ4v) is 2.06. The molecule has 6 heteroatoms. The molecule has 3 rings (SSSR count). The summed E-state index contributed by atoms with van der Waals surface area (Å²) in [6.45, 7) is -0.117. The summed E-state index contributed by atoms with van der Waals surface area (Å²) < 4.78 is 14.4. The zero-order chi connectivity index (χ0) is 9.92. The number of carbonyl (C=O) groups excluding carboxylic acids is 2. The zero-order valence-corrected chi connectivity index (χ0v) is 7.13. The number of aliphatic hydroxyl groups excluding tert-OH is 1. The van der Waals surface area contributed by atoms with Gasteiger partial charge in [-0.3, -0.25) is 4.79 Å². The summed E-state index contributed by atoms with van der Waals surface area (Å²) in [4.78, 5) is 22.5. The van der Waals surface area contributed by atoms with Crippen molar-refractivity contribution >= 4 is 11.9 Å². The molecule has 1 unspecified atom stereocenters. The first-order valence-corrected chi connectivity index (χ1v) is 4.36. The molecule has 1 aliphatic carbocycles. The van der Waals surface area contributed by atoms with Crippen molar-refractivity contribution in [3.63, 3.8) is 0 Å². The Labute approximate surface area is 78.7 Å². The number of aliphatic hydroxyl groups is 1. The Hall–Kier alpha value is -1.14. The van der Waals surface area contributed by atoms with E-state index in [1.807, 2.05) is 0 Å². The van der Waals surface area contributed by atoms with Crippen molar-refractivity contribution in [1.82, 2.24) is 0 Å². The molecule has 0 aromatic rings. The Morgan fingerprint density at radius 1 is 1.43 bits per heavy atom. The SMILES string of the molecule is O=C1OCC2(C[C@H](O)[C@H]3O[C@H]3C2=O)O1. The topological polar surface area (TPSA) is 85.4 Å². The Balaban J connectivity index is 1.91. The van der Waals surface area contributed by atoms with Gasteiger partial charge in [-0.15, -0.1) is 0 Å². The molecule has 0 aromatic carbocycles. The van der Waals surface area contributed by atoms with Crippen molar-refractivity contribution in [3.8, 4) is 0 Å². The third-order valence-corrected chi connectivity index (χ3v) is 2.85. The molecule has 0 aromatic heterocycles. The van der Waals surface area contributed by atoms with E-state index in [1.54, 1.807) is 0 Å². The van der Waals surface area contributed by atoms with Crippen LogP contribution in [0.5, 0.6) is 0 Å². The molecular formula is C8H8O6. The Kier molecular flexibility index (Phi) is 1.32. The third-order valence-electron chi connectivity index (χ3n) is 2.85. The fourth-order valence-electron chi connectivity index (χ4n) is 2.06. The van der Waals surface area contributed by atoms with E-state index in [4.69, 9.17) is 9.47 Å².